The minimum Gasteiger partial charge on any atom is -0.383 e. The lowest BCUT2D eigenvalue weighted by atomic mass is 9.93. The molecule has 0 aromatic heterocycles. The molecule has 0 aromatic carbocycles. The number of hydrogen-bond acceptors (Lipinski definition) is 3. The standard InChI is InChI=1S/C14H28N2O/c1-13(2,11-17-4)16-9-5-8-15-14(3,10-16)12-6-7-12/h12,15H,5-11H2,1-4H3. The van der Waals surface area contributed by atoms with Gasteiger partial charge >= 0.3 is 0 Å². The van der Waals surface area contributed by atoms with Crippen LogP contribution < -0.4 is 5.32 Å². The van der Waals surface area contributed by atoms with Crippen molar-refractivity contribution >= 4 is 0 Å². The van der Waals surface area contributed by atoms with Crippen molar-refractivity contribution in [2.24, 2.45) is 5.92 Å². The molecule has 2 rings (SSSR count). The number of rotatable bonds is 4. The Morgan fingerprint density at radius 1 is 1.41 bits per heavy atom. The van der Waals surface area contributed by atoms with Crippen molar-refractivity contribution in [3.05, 3.63) is 0 Å². The van der Waals surface area contributed by atoms with Crippen molar-refractivity contribution < 1.29 is 4.74 Å². The number of nitrogens with zero attached hydrogens (tertiary/aromatic N) is 1. The third-order valence-electron chi connectivity index (χ3n) is 4.48. The molecular weight excluding hydrogens is 212 g/mol. The van der Waals surface area contributed by atoms with Gasteiger partial charge in [0.05, 0.1) is 6.61 Å². The third-order valence-corrected chi connectivity index (χ3v) is 4.48. The van der Waals surface area contributed by atoms with E-state index in [2.05, 4.69) is 31.0 Å². The van der Waals surface area contributed by atoms with Gasteiger partial charge in [0, 0.05) is 31.3 Å². The summed E-state index contributed by atoms with van der Waals surface area (Å²) in [5.41, 5.74) is 0.471. The number of hydrogen-bond donors (Lipinski definition) is 1. The smallest absolute Gasteiger partial charge is 0.0641 e. The van der Waals surface area contributed by atoms with E-state index in [0.29, 0.717) is 5.54 Å². The Morgan fingerprint density at radius 3 is 2.71 bits per heavy atom. The molecule has 1 atom stereocenters. The van der Waals surface area contributed by atoms with Crippen LogP contribution in [-0.2, 0) is 4.74 Å². The first-order valence-corrected chi connectivity index (χ1v) is 6.97. The highest BCUT2D eigenvalue weighted by atomic mass is 16.5. The molecule has 1 unspecified atom stereocenters. The van der Waals surface area contributed by atoms with E-state index in [-0.39, 0.29) is 5.54 Å². The second-order valence-electron chi connectivity index (χ2n) is 6.64. The van der Waals surface area contributed by atoms with Gasteiger partial charge in [-0.3, -0.25) is 4.90 Å². The van der Waals surface area contributed by atoms with Crippen molar-refractivity contribution in [3.8, 4) is 0 Å². The summed E-state index contributed by atoms with van der Waals surface area (Å²) in [6.07, 6.45) is 4.06. The molecule has 0 spiro atoms. The molecule has 2 aliphatic rings. The van der Waals surface area contributed by atoms with Crippen LogP contribution in [0.5, 0.6) is 0 Å². The van der Waals surface area contributed by atoms with Crippen LogP contribution in [0.3, 0.4) is 0 Å². The Balaban J connectivity index is 2.06. The maximum absolute atomic E-state index is 5.38. The highest BCUT2D eigenvalue weighted by molar-refractivity contribution is 5.02. The van der Waals surface area contributed by atoms with Gasteiger partial charge in [0.15, 0.2) is 0 Å². The summed E-state index contributed by atoms with van der Waals surface area (Å²) in [7, 11) is 1.80. The van der Waals surface area contributed by atoms with Gasteiger partial charge in [-0.05, 0) is 52.5 Å². The molecule has 1 saturated heterocycles. The lowest BCUT2D eigenvalue weighted by Crippen LogP contribution is -2.56. The highest BCUT2D eigenvalue weighted by Crippen LogP contribution is 2.41. The summed E-state index contributed by atoms with van der Waals surface area (Å²) in [4.78, 5) is 2.62. The maximum Gasteiger partial charge on any atom is 0.0641 e. The predicted molar refractivity (Wildman–Crippen MR) is 71.3 cm³/mol. The average Bonchev–Trinajstić information content (AvgIpc) is 3.02. The molecule has 3 nitrogen and oxygen atoms in total. The van der Waals surface area contributed by atoms with Crippen LogP contribution in [0.25, 0.3) is 0 Å². The van der Waals surface area contributed by atoms with Crippen molar-refractivity contribution in [1.29, 1.82) is 0 Å². The second-order valence-corrected chi connectivity index (χ2v) is 6.64. The zero-order valence-corrected chi connectivity index (χ0v) is 11.9. The average molecular weight is 240 g/mol. The van der Waals surface area contributed by atoms with E-state index in [0.717, 1.165) is 25.6 Å². The molecule has 0 aromatic rings. The predicted octanol–water partition coefficient (Wildman–Crippen LogP) is 1.88. The van der Waals surface area contributed by atoms with E-state index in [1.165, 1.54) is 25.8 Å². The second kappa shape index (κ2) is 4.87. The molecule has 0 amide bonds. The molecule has 1 saturated carbocycles. The van der Waals surface area contributed by atoms with Crippen LogP contribution in [-0.4, -0.2) is 49.3 Å². The van der Waals surface area contributed by atoms with E-state index in [4.69, 9.17) is 4.74 Å². The number of methoxy groups -OCH3 is 1. The van der Waals surface area contributed by atoms with E-state index in [1.54, 1.807) is 7.11 Å². The van der Waals surface area contributed by atoms with Crippen molar-refractivity contribution in [1.82, 2.24) is 10.2 Å². The van der Waals surface area contributed by atoms with Crippen LogP contribution >= 0.6 is 0 Å². The molecule has 1 N–H and O–H groups in total. The molecule has 1 heterocycles. The summed E-state index contributed by atoms with van der Waals surface area (Å²) in [5.74, 6) is 0.890. The minimum absolute atomic E-state index is 0.150. The minimum atomic E-state index is 0.150. The maximum atomic E-state index is 5.38. The monoisotopic (exact) mass is 240 g/mol. The highest BCUT2D eigenvalue weighted by Gasteiger charge is 2.45. The van der Waals surface area contributed by atoms with Gasteiger partial charge in [0.25, 0.3) is 0 Å². The van der Waals surface area contributed by atoms with Crippen LogP contribution in [0, 0.1) is 5.92 Å². The Labute approximate surface area is 106 Å². The number of ether oxygens (including phenoxy) is 1. The van der Waals surface area contributed by atoms with Crippen molar-refractivity contribution in [3.63, 3.8) is 0 Å². The Hall–Kier alpha value is -0.120. The van der Waals surface area contributed by atoms with E-state index in [9.17, 15) is 0 Å². The molecule has 0 radical (unpaired) electrons. The third kappa shape index (κ3) is 3.01. The SMILES string of the molecule is COCC(C)(C)N1CCCNC(C)(C2CC2)C1. The molecular formula is C14H28N2O. The molecule has 17 heavy (non-hydrogen) atoms. The fraction of sp³-hybridized carbons (Fsp3) is 1.00. The van der Waals surface area contributed by atoms with Crippen LogP contribution in [0.1, 0.15) is 40.0 Å². The first-order chi connectivity index (χ1) is 7.98. The molecule has 2 fully saturated rings. The molecule has 3 heteroatoms. The molecule has 1 aliphatic carbocycles. The van der Waals surface area contributed by atoms with E-state index in [1.807, 2.05) is 0 Å². The van der Waals surface area contributed by atoms with Crippen LogP contribution in [0.15, 0.2) is 0 Å². The molecule has 1 aliphatic heterocycles. The Bertz CT molecular complexity index is 263. The van der Waals surface area contributed by atoms with Gasteiger partial charge < -0.3 is 10.1 Å². The summed E-state index contributed by atoms with van der Waals surface area (Å²) in [5, 5.41) is 3.78. The van der Waals surface area contributed by atoms with Gasteiger partial charge in [-0.25, -0.2) is 0 Å². The largest absolute Gasteiger partial charge is 0.383 e. The lowest BCUT2D eigenvalue weighted by Gasteiger charge is -2.42. The lowest BCUT2D eigenvalue weighted by molar-refractivity contribution is 0.0215. The Morgan fingerprint density at radius 2 is 2.12 bits per heavy atom. The first kappa shape index (κ1) is 13.3. The zero-order chi connectivity index (χ0) is 12.5. The van der Waals surface area contributed by atoms with Gasteiger partial charge in [-0.1, -0.05) is 0 Å². The quantitative estimate of drug-likeness (QED) is 0.812. The van der Waals surface area contributed by atoms with Crippen molar-refractivity contribution in [2.75, 3.05) is 33.4 Å². The first-order valence-electron chi connectivity index (χ1n) is 6.97. The van der Waals surface area contributed by atoms with Crippen LogP contribution in [0.2, 0.25) is 0 Å². The van der Waals surface area contributed by atoms with Crippen LogP contribution in [0.4, 0.5) is 0 Å². The molecule has 100 valence electrons. The summed E-state index contributed by atoms with van der Waals surface area (Å²) in [6, 6.07) is 0. The Kier molecular flexibility index (Phi) is 3.81. The van der Waals surface area contributed by atoms with Gasteiger partial charge in [-0.15, -0.1) is 0 Å². The summed E-state index contributed by atoms with van der Waals surface area (Å²) >= 11 is 0. The molecule has 0 bridgehead atoms. The zero-order valence-electron chi connectivity index (χ0n) is 11.9. The van der Waals surface area contributed by atoms with Gasteiger partial charge in [0.1, 0.15) is 0 Å². The van der Waals surface area contributed by atoms with Crippen molar-refractivity contribution in [2.45, 2.75) is 51.1 Å². The van der Waals surface area contributed by atoms with Gasteiger partial charge in [-0.2, -0.15) is 0 Å². The topological polar surface area (TPSA) is 24.5 Å². The van der Waals surface area contributed by atoms with E-state index >= 15 is 0 Å². The fourth-order valence-electron chi connectivity index (χ4n) is 3.13. The summed E-state index contributed by atoms with van der Waals surface area (Å²) in [6.45, 7) is 11.3. The summed E-state index contributed by atoms with van der Waals surface area (Å²) < 4.78 is 5.38. The number of nitrogens with one attached hydrogen (secondary N) is 1. The van der Waals surface area contributed by atoms with Gasteiger partial charge in [0.2, 0.25) is 0 Å². The normalized spacial score (nSPS) is 32.5. The van der Waals surface area contributed by atoms with E-state index < -0.39 is 0 Å². The fourth-order valence-corrected chi connectivity index (χ4v) is 3.13.